The van der Waals surface area contributed by atoms with Crippen molar-refractivity contribution in [2.24, 2.45) is 17.6 Å². The number of carboxylic acids is 1. The number of carbonyl (C=O) groups is 3. The monoisotopic (exact) mass is 299 g/mol. The van der Waals surface area contributed by atoms with Crippen LogP contribution in [0.3, 0.4) is 0 Å². The first-order valence-corrected chi connectivity index (χ1v) is 7.44. The van der Waals surface area contributed by atoms with Crippen LogP contribution < -0.4 is 16.4 Å². The van der Waals surface area contributed by atoms with E-state index < -0.39 is 30.4 Å². The van der Waals surface area contributed by atoms with Gasteiger partial charge in [-0.3, -0.25) is 4.79 Å². The summed E-state index contributed by atoms with van der Waals surface area (Å²) in [4.78, 5) is 33.2. The second-order valence-corrected chi connectivity index (χ2v) is 5.88. The minimum Gasteiger partial charge on any atom is -0.480 e. The number of rotatable bonds is 7. The molecule has 0 bridgehead atoms. The van der Waals surface area contributed by atoms with Crippen molar-refractivity contribution in [3.8, 4) is 0 Å². The molecule has 7 nitrogen and oxygen atoms in total. The van der Waals surface area contributed by atoms with E-state index in [2.05, 4.69) is 17.6 Å². The van der Waals surface area contributed by atoms with E-state index in [0.717, 1.165) is 12.3 Å². The third-order valence-electron chi connectivity index (χ3n) is 3.98. The number of nitrogens with two attached hydrogens (primary N) is 1. The molecule has 0 saturated heterocycles. The molecule has 0 unspecified atom stereocenters. The van der Waals surface area contributed by atoms with Gasteiger partial charge in [-0.05, 0) is 18.3 Å². The van der Waals surface area contributed by atoms with Crippen LogP contribution in [0.5, 0.6) is 0 Å². The van der Waals surface area contributed by atoms with Gasteiger partial charge >= 0.3 is 12.0 Å². The average Bonchev–Trinajstić information content (AvgIpc) is 2.39. The normalized spacial score (nSPS) is 23.1. The minimum absolute atomic E-state index is 0.413. The largest absolute Gasteiger partial charge is 0.480 e. The summed E-state index contributed by atoms with van der Waals surface area (Å²) in [5.74, 6) is -0.616. The third kappa shape index (κ3) is 6.97. The van der Waals surface area contributed by atoms with Crippen molar-refractivity contribution < 1.29 is 19.5 Å². The third-order valence-corrected chi connectivity index (χ3v) is 3.98. The van der Waals surface area contributed by atoms with E-state index in [1.54, 1.807) is 0 Å². The van der Waals surface area contributed by atoms with Gasteiger partial charge in [0.15, 0.2) is 0 Å². The summed E-state index contributed by atoms with van der Waals surface area (Å²) in [7, 11) is 0. The lowest BCUT2D eigenvalue weighted by atomic mass is 9.81. The lowest BCUT2D eigenvalue weighted by Gasteiger charge is -2.26. The second kappa shape index (κ2) is 8.49. The first kappa shape index (κ1) is 17.3. The quantitative estimate of drug-likeness (QED) is 0.556. The first-order chi connectivity index (χ1) is 9.88. The van der Waals surface area contributed by atoms with Crippen LogP contribution in [0.25, 0.3) is 0 Å². The minimum atomic E-state index is -1.28. The summed E-state index contributed by atoms with van der Waals surface area (Å²) in [5, 5.41) is 13.8. The molecule has 0 aromatic rings. The van der Waals surface area contributed by atoms with Crippen LogP contribution in [0.1, 0.15) is 45.4 Å². The standard InChI is InChI=1S/C14H25N3O4/c1-9-2-4-10(5-3-9)6-7-16-14(21)17-11(13(19)20)8-12(15)18/h9-11H,2-8H2,1H3,(H2,15,18)(H,19,20)(H2,16,17,21)/t9?,10?,11-/m1/s1. The van der Waals surface area contributed by atoms with E-state index in [-0.39, 0.29) is 0 Å². The average molecular weight is 299 g/mol. The predicted octanol–water partition coefficient (Wildman–Crippen LogP) is 0.831. The number of amides is 3. The van der Waals surface area contributed by atoms with Gasteiger partial charge in [-0.1, -0.05) is 32.6 Å². The Morgan fingerprint density at radius 3 is 2.38 bits per heavy atom. The van der Waals surface area contributed by atoms with Crippen LogP contribution >= 0.6 is 0 Å². The van der Waals surface area contributed by atoms with Gasteiger partial charge in [0.05, 0.1) is 6.42 Å². The van der Waals surface area contributed by atoms with Crippen molar-refractivity contribution in [3.05, 3.63) is 0 Å². The number of nitrogens with one attached hydrogen (secondary N) is 2. The van der Waals surface area contributed by atoms with Gasteiger partial charge in [-0.15, -0.1) is 0 Å². The topological polar surface area (TPSA) is 122 Å². The van der Waals surface area contributed by atoms with Crippen LogP contribution in [-0.2, 0) is 9.59 Å². The van der Waals surface area contributed by atoms with Gasteiger partial charge in [0, 0.05) is 6.54 Å². The molecule has 0 aromatic heterocycles. The number of carbonyl (C=O) groups excluding carboxylic acids is 2. The Balaban J connectivity index is 2.23. The molecule has 120 valence electrons. The molecule has 1 aliphatic carbocycles. The fraction of sp³-hybridized carbons (Fsp3) is 0.786. The Hall–Kier alpha value is -1.79. The highest BCUT2D eigenvalue weighted by atomic mass is 16.4. The molecular formula is C14H25N3O4. The van der Waals surface area contributed by atoms with Gasteiger partial charge in [0.2, 0.25) is 5.91 Å². The molecule has 7 heteroatoms. The summed E-state index contributed by atoms with van der Waals surface area (Å²) >= 11 is 0. The van der Waals surface area contributed by atoms with Gasteiger partial charge in [0.1, 0.15) is 6.04 Å². The lowest BCUT2D eigenvalue weighted by molar-refractivity contribution is -0.140. The van der Waals surface area contributed by atoms with Crippen molar-refractivity contribution in [2.45, 2.75) is 51.5 Å². The molecular weight excluding hydrogens is 274 g/mol. The zero-order chi connectivity index (χ0) is 15.8. The molecule has 1 rings (SSSR count). The maximum absolute atomic E-state index is 11.6. The summed E-state index contributed by atoms with van der Waals surface area (Å²) in [6.45, 7) is 2.76. The highest BCUT2D eigenvalue weighted by molar-refractivity contribution is 5.87. The van der Waals surface area contributed by atoms with Crippen molar-refractivity contribution in [1.29, 1.82) is 0 Å². The molecule has 0 radical (unpaired) electrons. The van der Waals surface area contributed by atoms with Crippen molar-refractivity contribution in [2.75, 3.05) is 6.54 Å². The van der Waals surface area contributed by atoms with E-state index >= 15 is 0 Å². The zero-order valence-electron chi connectivity index (χ0n) is 12.4. The number of hydrogen-bond acceptors (Lipinski definition) is 3. The van der Waals surface area contributed by atoms with Crippen molar-refractivity contribution >= 4 is 17.9 Å². The Morgan fingerprint density at radius 1 is 1.24 bits per heavy atom. The Labute approximate surface area is 124 Å². The Kier molecular flexibility index (Phi) is 6.98. The Bertz CT molecular complexity index is 378. The summed E-state index contributed by atoms with van der Waals surface area (Å²) in [6.07, 6.45) is 5.32. The van der Waals surface area contributed by atoms with Crippen LogP contribution in [0.15, 0.2) is 0 Å². The van der Waals surface area contributed by atoms with Gasteiger partial charge in [-0.2, -0.15) is 0 Å². The molecule has 0 aromatic carbocycles. The van der Waals surface area contributed by atoms with E-state index in [9.17, 15) is 14.4 Å². The molecule has 21 heavy (non-hydrogen) atoms. The van der Waals surface area contributed by atoms with Gasteiger partial charge in [0.25, 0.3) is 0 Å². The van der Waals surface area contributed by atoms with Crippen LogP contribution in [0.2, 0.25) is 0 Å². The predicted molar refractivity (Wildman–Crippen MR) is 77.5 cm³/mol. The first-order valence-electron chi connectivity index (χ1n) is 7.44. The van der Waals surface area contributed by atoms with E-state index in [1.807, 2.05) is 0 Å². The van der Waals surface area contributed by atoms with Crippen molar-refractivity contribution in [3.63, 3.8) is 0 Å². The van der Waals surface area contributed by atoms with E-state index in [1.165, 1.54) is 25.7 Å². The maximum atomic E-state index is 11.6. The second-order valence-electron chi connectivity index (χ2n) is 5.88. The number of primary amides is 1. The molecule has 5 N–H and O–H groups in total. The molecule has 1 aliphatic rings. The van der Waals surface area contributed by atoms with Crippen molar-refractivity contribution in [1.82, 2.24) is 10.6 Å². The summed E-state index contributed by atoms with van der Waals surface area (Å²) < 4.78 is 0. The summed E-state index contributed by atoms with van der Waals surface area (Å²) in [6, 6.07) is -1.86. The molecule has 0 spiro atoms. The van der Waals surface area contributed by atoms with Crippen LogP contribution in [-0.4, -0.2) is 35.6 Å². The van der Waals surface area contributed by atoms with E-state index in [4.69, 9.17) is 10.8 Å². The molecule has 0 aliphatic heterocycles. The number of urea groups is 1. The van der Waals surface area contributed by atoms with Crippen LogP contribution in [0.4, 0.5) is 4.79 Å². The number of carboxylic acid groups (broad SMARTS) is 1. The number of hydrogen-bond donors (Lipinski definition) is 4. The molecule has 1 saturated carbocycles. The van der Waals surface area contributed by atoms with Crippen LogP contribution in [0, 0.1) is 11.8 Å². The SMILES string of the molecule is CC1CCC(CCNC(=O)N[C@H](CC(N)=O)C(=O)O)CC1. The zero-order valence-corrected chi connectivity index (χ0v) is 12.4. The fourth-order valence-electron chi connectivity index (χ4n) is 2.62. The maximum Gasteiger partial charge on any atom is 0.326 e. The molecule has 1 fully saturated rings. The summed E-state index contributed by atoms with van der Waals surface area (Å²) in [5.41, 5.74) is 4.94. The highest BCUT2D eigenvalue weighted by Gasteiger charge is 2.22. The number of aliphatic carboxylic acids is 1. The lowest BCUT2D eigenvalue weighted by Crippen LogP contribution is -2.48. The van der Waals surface area contributed by atoms with E-state index in [0.29, 0.717) is 12.5 Å². The fourth-order valence-corrected chi connectivity index (χ4v) is 2.62. The smallest absolute Gasteiger partial charge is 0.326 e. The van der Waals surface area contributed by atoms with Gasteiger partial charge < -0.3 is 21.5 Å². The Morgan fingerprint density at radius 2 is 1.86 bits per heavy atom. The van der Waals surface area contributed by atoms with Gasteiger partial charge in [-0.25, -0.2) is 9.59 Å². The highest BCUT2D eigenvalue weighted by Crippen LogP contribution is 2.29. The molecule has 0 heterocycles. The molecule has 3 amide bonds. The molecule has 1 atom stereocenters.